The van der Waals surface area contributed by atoms with Crippen molar-refractivity contribution in [3.63, 3.8) is 0 Å². The zero-order valence-corrected chi connectivity index (χ0v) is 14.8. The number of carbonyl (C=O) groups is 1. The Morgan fingerprint density at radius 2 is 1.93 bits per heavy atom. The van der Waals surface area contributed by atoms with Crippen LogP contribution in [0.15, 0.2) is 36.7 Å². The summed E-state index contributed by atoms with van der Waals surface area (Å²) in [6.45, 7) is 0.234. The lowest BCUT2D eigenvalue weighted by molar-refractivity contribution is -0.117. The second kappa shape index (κ2) is 6.12. The minimum atomic E-state index is 0.0365. The Labute approximate surface area is 155 Å². The van der Waals surface area contributed by atoms with E-state index in [1.807, 2.05) is 37.5 Å². The number of hydrogen-bond donors (Lipinski definition) is 2. The number of hydrogen-bond acceptors (Lipinski definition) is 6. The van der Waals surface area contributed by atoms with Crippen molar-refractivity contribution in [3.05, 3.63) is 36.7 Å². The molecule has 2 N–H and O–H groups in total. The maximum atomic E-state index is 12.1. The van der Waals surface area contributed by atoms with Crippen molar-refractivity contribution in [1.29, 1.82) is 0 Å². The number of benzene rings is 1. The average Bonchev–Trinajstić information content (AvgIpc) is 3.44. The fourth-order valence-corrected chi connectivity index (χ4v) is 3.27. The van der Waals surface area contributed by atoms with Crippen LogP contribution in [0, 0.1) is 5.92 Å². The van der Waals surface area contributed by atoms with E-state index in [2.05, 4.69) is 20.6 Å². The molecule has 1 aliphatic carbocycles. The van der Waals surface area contributed by atoms with Crippen LogP contribution >= 0.6 is 0 Å². The monoisotopic (exact) mass is 362 g/mol. The molecule has 3 aromatic rings. The standard InChI is InChI=1S/C20H18N4O3/c1-21-19-15-9-22-18(24-20(25)11-2-3-11)7-13(15)14(8-23-19)12-4-5-16-17(6-12)27-10-26-16/h4-9,11H,2-3,10H2,1H3,(H,21,23)(H,22,24,25). The lowest BCUT2D eigenvalue weighted by Gasteiger charge is -2.12. The van der Waals surface area contributed by atoms with E-state index in [4.69, 9.17) is 9.47 Å². The van der Waals surface area contributed by atoms with Gasteiger partial charge >= 0.3 is 0 Å². The first-order valence-corrected chi connectivity index (χ1v) is 8.90. The summed E-state index contributed by atoms with van der Waals surface area (Å²) in [5, 5.41) is 7.85. The van der Waals surface area contributed by atoms with Crippen molar-refractivity contribution in [2.24, 2.45) is 5.92 Å². The van der Waals surface area contributed by atoms with E-state index in [0.717, 1.165) is 52.1 Å². The van der Waals surface area contributed by atoms with Gasteiger partial charge in [0.2, 0.25) is 12.7 Å². The zero-order chi connectivity index (χ0) is 18.4. The Morgan fingerprint density at radius 3 is 2.74 bits per heavy atom. The summed E-state index contributed by atoms with van der Waals surface area (Å²) < 4.78 is 10.9. The third-order valence-corrected chi connectivity index (χ3v) is 4.89. The number of amides is 1. The minimum absolute atomic E-state index is 0.0365. The van der Waals surface area contributed by atoms with E-state index in [1.165, 1.54) is 0 Å². The van der Waals surface area contributed by atoms with E-state index in [1.54, 1.807) is 6.20 Å². The molecular weight excluding hydrogens is 344 g/mol. The number of carbonyl (C=O) groups excluding carboxylic acids is 1. The number of nitrogens with zero attached hydrogens (tertiary/aromatic N) is 2. The van der Waals surface area contributed by atoms with Crippen molar-refractivity contribution < 1.29 is 14.3 Å². The molecule has 0 bridgehead atoms. The molecule has 1 aliphatic heterocycles. The van der Waals surface area contributed by atoms with Gasteiger partial charge in [-0.2, -0.15) is 0 Å². The van der Waals surface area contributed by atoms with E-state index >= 15 is 0 Å². The highest BCUT2D eigenvalue weighted by Crippen LogP contribution is 2.39. The molecule has 1 fully saturated rings. The average molecular weight is 362 g/mol. The van der Waals surface area contributed by atoms with Gasteiger partial charge in [0.25, 0.3) is 0 Å². The number of aromatic nitrogens is 2. The molecule has 2 aliphatic rings. The molecule has 0 unspecified atom stereocenters. The molecule has 0 spiro atoms. The lowest BCUT2D eigenvalue weighted by atomic mass is 10.0. The largest absolute Gasteiger partial charge is 0.454 e. The number of fused-ring (bicyclic) bond motifs is 2. The van der Waals surface area contributed by atoms with E-state index in [9.17, 15) is 4.79 Å². The predicted octanol–water partition coefficient (Wildman–Crippen LogP) is 3.42. The molecule has 7 nitrogen and oxygen atoms in total. The molecule has 3 heterocycles. The number of ether oxygens (including phenoxy) is 2. The summed E-state index contributed by atoms with van der Waals surface area (Å²) >= 11 is 0. The third-order valence-electron chi connectivity index (χ3n) is 4.89. The molecular formula is C20H18N4O3. The summed E-state index contributed by atoms with van der Waals surface area (Å²) in [5.41, 5.74) is 1.90. The van der Waals surface area contributed by atoms with Crippen LogP contribution in [0.1, 0.15) is 12.8 Å². The van der Waals surface area contributed by atoms with Crippen LogP contribution in [0.5, 0.6) is 11.5 Å². The van der Waals surface area contributed by atoms with Gasteiger partial charge in [0, 0.05) is 36.3 Å². The summed E-state index contributed by atoms with van der Waals surface area (Å²) in [7, 11) is 1.82. The van der Waals surface area contributed by atoms with Gasteiger partial charge in [-0.3, -0.25) is 4.79 Å². The highest BCUT2D eigenvalue weighted by atomic mass is 16.7. The second-order valence-electron chi connectivity index (χ2n) is 6.72. The Morgan fingerprint density at radius 1 is 1.07 bits per heavy atom. The topological polar surface area (TPSA) is 85.4 Å². The van der Waals surface area contributed by atoms with Crippen LogP contribution in [0.3, 0.4) is 0 Å². The van der Waals surface area contributed by atoms with Gasteiger partial charge in [0.15, 0.2) is 11.5 Å². The molecule has 0 radical (unpaired) electrons. The number of nitrogens with one attached hydrogen (secondary N) is 2. The van der Waals surface area contributed by atoms with Gasteiger partial charge in [-0.05, 0) is 42.0 Å². The maximum Gasteiger partial charge on any atom is 0.231 e. The first kappa shape index (κ1) is 15.9. The molecule has 5 rings (SSSR count). The van der Waals surface area contributed by atoms with Crippen LogP contribution in [-0.4, -0.2) is 29.7 Å². The van der Waals surface area contributed by atoms with Gasteiger partial charge in [-0.1, -0.05) is 6.07 Å². The Balaban J connectivity index is 1.63. The van der Waals surface area contributed by atoms with Gasteiger partial charge in [0.05, 0.1) is 0 Å². The first-order chi connectivity index (χ1) is 13.2. The molecule has 2 aromatic heterocycles. The Hall–Kier alpha value is -3.35. The van der Waals surface area contributed by atoms with Crippen LogP contribution < -0.4 is 20.1 Å². The molecule has 27 heavy (non-hydrogen) atoms. The predicted molar refractivity (Wildman–Crippen MR) is 102 cm³/mol. The number of pyridine rings is 2. The van der Waals surface area contributed by atoms with Crippen LogP contribution in [0.4, 0.5) is 11.6 Å². The zero-order valence-electron chi connectivity index (χ0n) is 14.8. The van der Waals surface area contributed by atoms with E-state index in [-0.39, 0.29) is 18.6 Å². The highest BCUT2D eigenvalue weighted by Gasteiger charge is 2.29. The van der Waals surface area contributed by atoms with E-state index < -0.39 is 0 Å². The molecule has 0 atom stereocenters. The van der Waals surface area contributed by atoms with Crippen LogP contribution in [-0.2, 0) is 4.79 Å². The fraction of sp³-hybridized carbons (Fsp3) is 0.250. The van der Waals surface area contributed by atoms with Crippen molar-refractivity contribution in [3.8, 4) is 22.6 Å². The van der Waals surface area contributed by atoms with Crippen molar-refractivity contribution >= 4 is 28.3 Å². The third kappa shape index (κ3) is 2.81. The Bertz CT molecular complexity index is 1060. The SMILES string of the molecule is CNc1ncc(-c2ccc3c(c2)OCO3)c2cc(NC(=O)C3CC3)ncc12. The van der Waals surface area contributed by atoms with Gasteiger partial charge in [0.1, 0.15) is 11.6 Å². The van der Waals surface area contributed by atoms with Gasteiger partial charge < -0.3 is 20.1 Å². The molecule has 0 saturated heterocycles. The van der Waals surface area contributed by atoms with Crippen LogP contribution in [0.25, 0.3) is 21.9 Å². The number of rotatable bonds is 4. The summed E-state index contributed by atoms with van der Waals surface area (Å²) in [4.78, 5) is 21.0. The van der Waals surface area contributed by atoms with Crippen LogP contribution in [0.2, 0.25) is 0 Å². The summed E-state index contributed by atoms with van der Waals surface area (Å²) in [6, 6.07) is 7.72. The van der Waals surface area contributed by atoms with Gasteiger partial charge in [-0.25, -0.2) is 9.97 Å². The smallest absolute Gasteiger partial charge is 0.231 e. The molecule has 1 aromatic carbocycles. The fourth-order valence-electron chi connectivity index (χ4n) is 3.27. The maximum absolute atomic E-state index is 12.1. The minimum Gasteiger partial charge on any atom is -0.454 e. The normalized spacial score (nSPS) is 15.0. The molecule has 7 heteroatoms. The number of anilines is 2. The molecule has 136 valence electrons. The molecule has 1 amide bonds. The van der Waals surface area contributed by atoms with Crippen molar-refractivity contribution in [1.82, 2.24) is 9.97 Å². The molecule has 1 saturated carbocycles. The van der Waals surface area contributed by atoms with Crippen molar-refractivity contribution in [2.45, 2.75) is 12.8 Å². The highest BCUT2D eigenvalue weighted by molar-refractivity contribution is 6.04. The summed E-state index contributed by atoms with van der Waals surface area (Å²) in [6.07, 6.45) is 5.47. The lowest BCUT2D eigenvalue weighted by Crippen LogP contribution is -2.14. The summed E-state index contributed by atoms with van der Waals surface area (Å²) in [5.74, 6) is 2.91. The van der Waals surface area contributed by atoms with Gasteiger partial charge in [-0.15, -0.1) is 0 Å². The Kier molecular flexibility index (Phi) is 3.60. The quantitative estimate of drug-likeness (QED) is 0.740. The van der Waals surface area contributed by atoms with E-state index in [0.29, 0.717) is 5.82 Å². The second-order valence-corrected chi connectivity index (χ2v) is 6.72. The first-order valence-electron chi connectivity index (χ1n) is 8.90. The van der Waals surface area contributed by atoms with Crippen molar-refractivity contribution in [2.75, 3.05) is 24.5 Å².